The molecule has 0 spiro atoms. The summed E-state index contributed by atoms with van der Waals surface area (Å²) in [5.41, 5.74) is 2.16. The predicted octanol–water partition coefficient (Wildman–Crippen LogP) is 4.22. The summed E-state index contributed by atoms with van der Waals surface area (Å²) in [4.78, 5) is 2.26. The molecule has 0 N–H and O–H groups in total. The van der Waals surface area contributed by atoms with Gasteiger partial charge in [0, 0.05) is 18.7 Å². The maximum absolute atomic E-state index is 5.81. The molecular weight excluding hydrogens is 314 g/mol. The molecule has 1 aromatic carbocycles. The van der Waals surface area contributed by atoms with E-state index in [1.54, 1.807) is 11.8 Å². The van der Waals surface area contributed by atoms with E-state index in [0.29, 0.717) is 11.8 Å². The van der Waals surface area contributed by atoms with Crippen LogP contribution in [0, 0.1) is 6.92 Å². The Morgan fingerprint density at radius 1 is 1.23 bits per heavy atom. The van der Waals surface area contributed by atoms with Crippen LogP contribution in [0.4, 0.5) is 0 Å². The highest BCUT2D eigenvalue weighted by atomic mass is 32.2. The molecule has 1 aliphatic rings. The van der Waals surface area contributed by atoms with Gasteiger partial charge in [0.1, 0.15) is 4.32 Å². The molecule has 0 radical (unpaired) electrons. The third-order valence-electron chi connectivity index (χ3n) is 3.73. The molecule has 1 aliphatic heterocycles. The van der Waals surface area contributed by atoms with Gasteiger partial charge in [-0.1, -0.05) is 41.7 Å². The molecule has 2 aromatic rings. The third-order valence-corrected chi connectivity index (χ3v) is 5.29. The van der Waals surface area contributed by atoms with Crippen LogP contribution < -0.4 is 0 Å². The number of thioether (sulfide) groups is 1. The number of rotatable bonds is 3. The Hall–Kier alpha value is -1.40. The second-order valence-electron chi connectivity index (χ2n) is 5.53. The molecule has 1 atom stereocenters. The van der Waals surface area contributed by atoms with Gasteiger partial charge >= 0.3 is 0 Å². The van der Waals surface area contributed by atoms with E-state index in [1.165, 1.54) is 18.4 Å². The SMILES string of the molecule is Cc1ccc(-c2nnc([C@@H](C)SC(=S)N3CCCC3)o2)cc1. The Kier molecular flexibility index (Phi) is 4.78. The molecule has 1 saturated heterocycles. The molecule has 6 heteroatoms. The number of benzene rings is 1. The zero-order chi connectivity index (χ0) is 15.5. The first kappa shape index (κ1) is 15.5. The Labute approximate surface area is 140 Å². The summed E-state index contributed by atoms with van der Waals surface area (Å²) >= 11 is 7.13. The molecule has 3 rings (SSSR count). The number of likely N-dealkylation sites (tertiary alicyclic amines) is 1. The fourth-order valence-electron chi connectivity index (χ4n) is 2.39. The van der Waals surface area contributed by atoms with Crippen LogP contribution in [0.5, 0.6) is 0 Å². The van der Waals surface area contributed by atoms with Gasteiger partial charge in [0.2, 0.25) is 11.8 Å². The molecule has 4 nitrogen and oxygen atoms in total. The van der Waals surface area contributed by atoms with Crippen molar-refractivity contribution < 1.29 is 4.42 Å². The van der Waals surface area contributed by atoms with Crippen molar-refractivity contribution in [3.8, 4) is 11.5 Å². The highest BCUT2D eigenvalue weighted by molar-refractivity contribution is 8.23. The van der Waals surface area contributed by atoms with Crippen LogP contribution >= 0.6 is 24.0 Å². The first-order valence-electron chi connectivity index (χ1n) is 7.49. The van der Waals surface area contributed by atoms with Gasteiger partial charge in [-0.25, -0.2) is 0 Å². The quantitative estimate of drug-likeness (QED) is 0.784. The van der Waals surface area contributed by atoms with E-state index in [9.17, 15) is 0 Å². The monoisotopic (exact) mass is 333 g/mol. The first-order chi connectivity index (χ1) is 10.6. The van der Waals surface area contributed by atoms with E-state index in [2.05, 4.69) is 28.9 Å². The van der Waals surface area contributed by atoms with Gasteiger partial charge in [-0.3, -0.25) is 0 Å². The molecule has 116 valence electrons. The van der Waals surface area contributed by atoms with Gasteiger partial charge < -0.3 is 9.32 Å². The Balaban J connectivity index is 1.67. The fraction of sp³-hybridized carbons (Fsp3) is 0.438. The summed E-state index contributed by atoms with van der Waals surface area (Å²) in [7, 11) is 0. The molecule has 0 aliphatic carbocycles. The minimum atomic E-state index is 0.0693. The maximum Gasteiger partial charge on any atom is 0.247 e. The standard InChI is InChI=1S/C16H19N3OS2/c1-11-5-7-13(8-6-11)15-18-17-14(20-15)12(2)22-16(21)19-9-3-4-10-19/h5-8,12H,3-4,9-10H2,1-2H3/t12-/m1/s1. The van der Waals surface area contributed by atoms with E-state index >= 15 is 0 Å². The van der Waals surface area contributed by atoms with Gasteiger partial charge in [-0.2, -0.15) is 0 Å². The van der Waals surface area contributed by atoms with E-state index in [0.717, 1.165) is 23.0 Å². The Bertz CT molecular complexity index is 648. The molecule has 22 heavy (non-hydrogen) atoms. The highest BCUT2D eigenvalue weighted by Gasteiger charge is 2.21. The third kappa shape index (κ3) is 3.50. The molecule has 1 fully saturated rings. The van der Waals surface area contributed by atoms with Crippen molar-refractivity contribution in [2.45, 2.75) is 31.9 Å². The number of aromatic nitrogens is 2. The molecule has 1 aromatic heterocycles. The summed E-state index contributed by atoms with van der Waals surface area (Å²) in [5, 5.41) is 8.40. The first-order valence-corrected chi connectivity index (χ1v) is 8.78. The van der Waals surface area contributed by atoms with Crippen LogP contribution in [0.2, 0.25) is 0 Å². The lowest BCUT2D eigenvalue weighted by atomic mass is 10.1. The van der Waals surface area contributed by atoms with E-state index in [1.807, 2.05) is 24.3 Å². The number of thiocarbonyl (C=S) groups is 1. The van der Waals surface area contributed by atoms with Crippen molar-refractivity contribution in [1.82, 2.24) is 15.1 Å². The molecular formula is C16H19N3OS2. The number of hydrogen-bond acceptors (Lipinski definition) is 5. The van der Waals surface area contributed by atoms with Gasteiger partial charge in [0.25, 0.3) is 0 Å². The minimum absolute atomic E-state index is 0.0693. The van der Waals surface area contributed by atoms with E-state index in [4.69, 9.17) is 16.6 Å². The van der Waals surface area contributed by atoms with Crippen LogP contribution in [0.15, 0.2) is 28.7 Å². The van der Waals surface area contributed by atoms with Crippen LogP contribution in [-0.2, 0) is 0 Å². The number of aryl methyl sites for hydroxylation is 1. The molecule has 0 saturated carbocycles. The van der Waals surface area contributed by atoms with Gasteiger partial charge in [-0.05, 0) is 38.8 Å². The van der Waals surface area contributed by atoms with Crippen LogP contribution in [0.1, 0.15) is 36.5 Å². The van der Waals surface area contributed by atoms with Crippen LogP contribution in [-0.4, -0.2) is 32.5 Å². The van der Waals surface area contributed by atoms with Crippen molar-refractivity contribution in [2.24, 2.45) is 0 Å². The lowest BCUT2D eigenvalue weighted by molar-refractivity contribution is 0.508. The lowest BCUT2D eigenvalue weighted by Gasteiger charge is -2.19. The second-order valence-corrected chi connectivity index (χ2v) is 7.51. The van der Waals surface area contributed by atoms with Crippen molar-refractivity contribution in [2.75, 3.05) is 13.1 Å². The fourth-order valence-corrected chi connectivity index (χ4v) is 3.83. The van der Waals surface area contributed by atoms with Gasteiger partial charge in [0.05, 0.1) is 5.25 Å². The van der Waals surface area contributed by atoms with Gasteiger partial charge in [0.15, 0.2) is 0 Å². The lowest BCUT2D eigenvalue weighted by Crippen LogP contribution is -2.23. The topological polar surface area (TPSA) is 42.2 Å². The normalized spacial score (nSPS) is 16.0. The van der Waals surface area contributed by atoms with Crippen molar-refractivity contribution in [1.29, 1.82) is 0 Å². The van der Waals surface area contributed by atoms with Crippen LogP contribution in [0.3, 0.4) is 0 Å². The predicted molar refractivity (Wildman–Crippen MR) is 93.9 cm³/mol. The van der Waals surface area contributed by atoms with Gasteiger partial charge in [-0.15, -0.1) is 10.2 Å². The second kappa shape index (κ2) is 6.79. The molecule has 0 amide bonds. The van der Waals surface area contributed by atoms with Crippen molar-refractivity contribution in [3.05, 3.63) is 35.7 Å². The average molecular weight is 333 g/mol. The zero-order valence-electron chi connectivity index (χ0n) is 12.8. The number of nitrogens with zero attached hydrogens (tertiary/aromatic N) is 3. The van der Waals surface area contributed by atoms with Crippen molar-refractivity contribution in [3.63, 3.8) is 0 Å². The smallest absolute Gasteiger partial charge is 0.247 e. The maximum atomic E-state index is 5.81. The zero-order valence-corrected chi connectivity index (χ0v) is 14.4. The largest absolute Gasteiger partial charge is 0.419 e. The molecule has 0 bridgehead atoms. The average Bonchev–Trinajstić information content (AvgIpc) is 3.20. The van der Waals surface area contributed by atoms with Crippen LogP contribution in [0.25, 0.3) is 11.5 Å². The molecule has 0 unspecified atom stereocenters. The van der Waals surface area contributed by atoms with Crippen molar-refractivity contribution >= 4 is 28.3 Å². The Morgan fingerprint density at radius 3 is 2.59 bits per heavy atom. The highest BCUT2D eigenvalue weighted by Crippen LogP contribution is 2.32. The minimum Gasteiger partial charge on any atom is -0.419 e. The summed E-state index contributed by atoms with van der Waals surface area (Å²) in [6.07, 6.45) is 2.46. The summed E-state index contributed by atoms with van der Waals surface area (Å²) in [6, 6.07) is 8.08. The Morgan fingerprint density at radius 2 is 1.91 bits per heavy atom. The number of hydrogen-bond donors (Lipinski definition) is 0. The molecule has 2 heterocycles. The summed E-state index contributed by atoms with van der Waals surface area (Å²) in [6.45, 7) is 6.24. The summed E-state index contributed by atoms with van der Waals surface area (Å²) < 4.78 is 6.74. The van der Waals surface area contributed by atoms with E-state index in [-0.39, 0.29) is 5.25 Å². The summed E-state index contributed by atoms with van der Waals surface area (Å²) in [5.74, 6) is 1.19. The van der Waals surface area contributed by atoms with E-state index < -0.39 is 0 Å².